The van der Waals surface area contributed by atoms with Gasteiger partial charge in [0.05, 0.1) is 0 Å². The van der Waals surface area contributed by atoms with E-state index in [0.717, 1.165) is 0 Å². The van der Waals surface area contributed by atoms with Gasteiger partial charge in [-0.15, -0.1) is 0 Å². The molecule has 0 bridgehead atoms. The Morgan fingerprint density at radius 1 is 0.750 bits per heavy atom. The summed E-state index contributed by atoms with van der Waals surface area (Å²) < 4.78 is 0. The van der Waals surface area contributed by atoms with Gasteiger partial charge in [-0.25, -0.2) is 0 Å². The van der Waals surface area contributed by atoms with Gasteiger partial charge in [0.2, 0.25) is 0 Å². The third-order valence-corrected chi connectivity index (χ3v) is 0. The fourth-order valence-corrected chi connectivity index (χ4v) is 0. The van der Waals surface area contributed by atoms with Gasteiger partial charge in [0.25, 0.3) is 0 Å². The molecule has 0 rings (SSSR count). The third-order valence-electron chi connectivity index (χ3n) is 0. The summed E-state index contributed by atoms with van der Waals surface area (Å²) in [6.07, 6.45) is 0. The Balaban J connectivity index is 0. The topological polar surface area (TPSA) is 70.0 Å². The van der Waals surface area contributed by atoms with E-state index in [1.807, 2.05) is 0 Å². The van der Waals surface area contributed by atoms with E-state index in [0.29, 0.717) is 0 Å². The molecule has 0 aliphatic heterocycles. The van der Waals surface area contributed by atoms with Gasteiger partial charge in [0.1, 0.15) is 0 Å². The first-order valence-corrected chi connectivity index (χ1v) is 0. The molecule has 32 valence electrons. The summed E-state index contributed by atoms with van der Waals surface area (Å²) in [4.78, 5) is 0. The van der Waals surface area contributed by atoms with Crippen LogP contribution in [-0.4, -0.2) is 23.7 Å². The first-order chi connectivity index (χ1) is 0. The van der Waals surface area contributed by atoms with Gasteiger partial charge in [-0.1, -0.05) is 0 Å². The Hall–Kier alpha value is 1.06. The third kappa shape index (κ3) is 11.6. The summed E-state index contributed by atoms with van der Waals surface area (Å²) >= 11 is 0. The van der Waals surface area contributed by atoms with E-state index in [1.165, 1.54) is 0 Å². The Morgan fingerprint density at radius 3 is 0.750 bits per heavy atom. The molecule has 0 aliphatic carbocycles. The van der Waals surface area contributed by atoms with E-state index in [2.05, 4.69) is 0 Å². The second-order valence-corrected chi connectivity index (χ2v) is 0. The fraction of sp³-hybridized carbons (Fsp3) is 0. The summed E-state index contributed by atoms with van der Waals surface area (Å²) in [6.45, 7) is 0. The van der Waals surface area contributed by atoms with E-state index in [4.69, 9.17) is 0 Å². The van der Waals surface area contributed by atoms with Crippen molar-refractivity contribution in [1.82, 2.24) is 12.3 Å². The molecule has 6 N–H and O–H groups in total. The van der Waals surface area contributed by atoms with Crippen molar-refractivity contribution in [3.05, 3.63) is 0 Å². The minimum absolute atomic E-state index is 0. The maximum absolute atomic E-state index is 0. The van der Waals surface area contributed by atoms with E-state index in [-0.39, 0.29) is 49.5 Å². The Kier molecular flexibility index (Phi) is 628. The van der Waals surface area contributed by atoms with Gasteiger partial charge >= 0.3 is 23.7 Å². The molecule has 0 unspecified atom stereocenters. The normalized spacial score (nSPS) is 0. The van der Waals surface area contributed by atoms with Crippen LogP contribution >= 0.6 is 13.5 Å². The van der Waals surface area contributed by atoms with Crippen LogP contribution in [0.1, 0.15) is 0 Å². The average Bonchev–Trinajstić information content (AvgIpc) is 0. The van der Waals surface area contributed by atoms with Crippen molar-refractivity contribution in [3.8, 4) is 0 Å². The molecule has 2 nitrogen and oxygen atoms in total. The molecular formula is H10N2STe. The van der Waals surface area contributed by atoms with E-state index in [9.17, 15) is 0 Å². The van der Waals surface area contributed by atoms with Crippen LogP contribution in [-0.2, 0) is 0 Å². The first kappa shape index (κ1) is 74.3. The average molecular weight is 198 g/mol. The van der Waals surface area contributed by atoms with Gasteiger partial charge in [0, 0.05) is 0 Å². The van der Waals surface area contributed by atoms with Gasteiger partial charge in [0.15, 0.2) is 0 Å². The molecule has 0 saturated heterocycles. The molecule has 4 heavy (non-hydrogen) atoms. The monoisotopic (exact) mass is 200 g/mol. The molecule has 0 saturated carbocycles. The van der Waals surface area contributed by atoms with Crippen LogP contribution in [0.4, 0.5) is 0 Å². The molecule has 0 atom stereocenters. The van der Waals surface area contributed by atoms with Crippen LogP contribution < -0.4 is 12.3 Å². The zero-order chi connectivity index (χ0) is 0. The summed E-state index contributed by atoms with van der Waals surface area (Å²) in [6, 6.07) is 0. The fourth-order valence-electron chi connectivity index (χ4n) is 0. The standard InChI is InChI=1S/2H3N.H2S.H2Te/h2*1H3;2*1H2. The summed E-state index contributed by atoms with van der Waals surface area (Å²) in [5.74, 6) is 0. The zero-order valence-electron chi connectivity index (χ0n) is 2.41. The van der Waals surface area contributed by atoms with Gasteiger partial charge in [-0.3, -0.25) is 0 Å². The SMILES string of the molecule is N.N.S.[TeH2]. The quantitative estimate of drug-likeness (QED) is 0.516. The van der Waals surface area contributed by atoms with Crippen molar-refractivity contribution in [1.29, 1.82) is 0 Å². The van der Waals surface area contributed by atoms with Crippen molar-refractivity contribution in [2.45, 2.75) is 0 Å². The molecule has 0 aromatic carbocycles. The predicted octanol–water partition coefficient (Wildman–Crippen LogP) is -0.479. The van der Waals surface area contributed by atoms with Crippen LogP contribution in [0.15, 0.2) is 0 Å². The molecule has 0 aromatic heterocycles. The van der Waals surface area contributed by atoms with E-state index < -0.39 is 0 Å². The van der Waals surface area contributed by atoms with Crippen LogP contribution in [0.2, 0.25) is 0 Å². The molecule has 0 aliphatic rings. The zero-order valence-corrected chi connectivity index (χ0v) is 6.27. The summed E-state index contributed by atoms with van der Waals surface area (Å²) in [5, 5.41) is 0. The minimum atomic E-state index is 0. The molecule has 0 aromatic rings. The number of hydrogen-bond acceptors (Lipinski definition) is 2. The molecule has 0 radical (unpaired) electrons. The molecule has 0 amide bonds. The molecular weight excluding hydrogens is 188 g/mol. The van der Waals surface area contributed by atoms with Crippen LogP contribution in [0.25, 0.3) is 0 Å². The van der Waals surface area contributed by atoms with Crippen LogP contribution in [0, 0.1) is 0 Å². The van der Waals surface area contributed by atoms with Crippen molar-refractivity contribution in [2.75, 3.05) is 0 Å². The van der Waals surface area contributed by atoms with Crippen molar-refractivity contribution >= 4 is 37.2 Å². The molecule has 0 spiro atoms. The van der Waals surface area contributed by atoms with Gasteiger partial charge in [-0.2, -0.15) is 13.5 Å². The Labute approximate surface area is 49.7 Å². The maximum atomic E-state index is 0. The number of hydrogen-bond donors (Lipinski definition) is 2. The van der Waals surface area contributed by atoms with Crippen molar-refractivity contribution in [3.63, 3.8) is 0 Å². The second kappa shape index (κ2) is 33.8. The number of rotatable bonds is 0. The molecule has 0 fully saturated rings. The molecule has 0 heterocycles. The Bertz CT molecular complexity index is 6.00. The first-order valence-electron chi connectivity index (χ1n) is 0. The second-order valence-electron chi connectivity index (χ2n) is 0. The summed E-state index contributed by atoms with van der Waals surface area (Å²) in [7, 11) is 0. The van der Waals surface area contributed by atoms with Crippen LogP contribution in [0.3, 0.4) is 0 Å². The van der Waals surface area contributed by atoms with E-state index >= 15 is 0 Å². The summed E-state index contributed by atoms with van der Waals surface area (Å²) in [5.41, 5.74) is 0. The van der Waals surface area contributed by atoms with Crippen molar-refractivity contribution in [2.24, 2.45) is 0 Å². The van der Waals surface area contributed by atoms with Gasteiger partial charge < -0.3 is 12.3 Å². The Morgan fingerprint density at radius 2 is 0.750 bits per heavy atom. The van der Waals surface area contributed by atoms with Gasteiger partial charge in [-0.05, 0) is 0 Å². The van der Waals surface area contributed by atoms with Crippen LogP contribution in [0.5, 0.6) is 0 Å². The van der Waals surface area contributed by atoms with E-state index in [1.54, 1.807) is 0 Å². The molecule has 4 heteroatoms. The van der Waals surface area contributed by atoms with Crippen molar-refractivity contribution < 1.29 is 0 Å². The predicted molar refractivity (Wildman–Crippen MR) is 29.0 cm³/mol.